The van der Waals surface area contributed by atoms with Crippen LogP contribution < -0.4 is 5.32 Å². The maximum absolute atomic E-state index is 5.76. The Morgan fingerprint density at radius 2 is 2.00 bits per heavy atom. The third-order valence-corrected chi connectivity index (χ3v) is 3.53. The van der Waals surface area contributed by atoms with E-state index < -0.39 is 0 Å². The van der Waals surface area contributed by atoms with Gasteiger partial charge < -0.3 is 9.73 Å². The van der Waals surface area contributed by atoms with Crippen LogP contribution in [0, 0.1) is 6.92 Å². The second-order valence-electron chi connectivity index (χ2n) is 4.90. The molecular formula is C15H23NO. The van der Waals surface area contributed by atoms with Crippen LogP contribution >= 0.6 is 0 Å². The molecule has 0 amide bonds. The fraction of sp³-hybridized carbons (Fsp3) is 0.600. The first-order chi connectivity index (χ1) is 8.31. The first-order valence-corrected chi connectivity index (χ1v) is 6.74. The van der Waals surface area contributed by atoms with Gasteiger partial charge in [-0.05, 0) is 57.4 Å². The van der Waals surface area contributed by atoms with Crippen LogP contribution in [0.5, 0.6) is 0 Å². The Balaban J connectivity index is 2.16. The van der Waals surface area contributed by atoms with Gasteiger partial charge >= 0.3 is 0 Å². The Morgan fingerprint density at radius 1 is 1.18 bits per heavy atom. The van der Waals surface area contributed by atoms with Crippen molar-refractivity contribution in [3.05, 3.63) is 35.3 Å². The minimum Gasteiger partial charge on any atom is -0.464 e. The lowest BCUT2D eigenvalue weighted by molar-refractivity contribution is 0.432. The summed E-state index contributed by atoms with van der Waals surface area (Å²) >= 11 is 0. The molecule has 2 heteroatoms. The molecule has 17 heavy (non-hydrogen) atoms. The van der Waals surface area contributed by atoms with Crippen LogP contribution in [-0.2, 0) is 0 Å². The Labute approximate surface area is 104 Å². The van der Waals surface area contributed by atoms with E-state index in [2.05, 4.69) is 17.5 Å². The van der Waals surface area contributed by atoms with Gasteiger partial charge in [0.15, 0.2) is 0 Å². The van der Waals surface area contributed by atoms with Crippen molar-refractivity contribution >= 4 is 0 Å². The standard InChI is InChI=1S/C15H23NO/c1-12-10-11-14(17-12)15(16-2)13-8-6-4-3-5-7-9-13/h8,10-11,15-16H,3-7,9H2,1-2H3/b13-8+. The van der Waals surface area contributed by atoms with Gasteiger partial charge in [0.25, 0.3) is 0 Å². The summed E-state index contributed by atoms with van der Waals surface area (Å²) in [5.41, 5.74) is 1.50. The third-order valence-electron chi connectivity index (χ3n) is 3.53. The summed E-state index contributed by atoms with van der Waals surface area (Å²) in [4.78, 5) is 0. The molecule has 0 radical (unpaired) electrons. The summed E-state index contributed by atoms with van der Waals surface area (Å²) in [6.45, 7) is 2.00. The van der Waals surface area contributed by atoms with E-state index in [1.807, 2.05) is 20.0 Å². The quantitative estimate of drug-likeness (QED) is 0.794. The minimum atomic E-state index is 0.266. The normalized spacial score (nSPS) is 22.4. The summed E-state index contributed by atoms with van der Waals surface area (Å²) in [5, 5.41) is 3.39. The molecule has 1 aliphatic carbocycles. The van der Waals surface area contributed by atoms with E-state index in [1.54, 1.807) is 0 Å². The highest BCUT2D eigenvalue weighted by molar-refractivity contribution is 5.22. The summed E-state index contributed by atoms with van der Waals surface area (Å²) in [6, 6.07) is 4.40. The summed E-state index contributed by atoms with van der Waals surface area (Å²) in [5.74, 6) is 2.04. The van der Waals surface area contributed by atoms with E-state index in [0.717, 1.165) is 11.5 Å². The molecule has 0 aliphatic heterocycles. The van der Waals surface area contributed by atoms with E-state index in [9.17, 15) is 0 Å². The molecule has 94 valence electrons. The molecule has 1 aromatic rings. The molecule has 0 bridgehead atoms. The zero-order chi connectivity index (χ0) is 12.1. The largest absolute Gasteiger partial charge is 0.464 e. The summed E-state index contributed by atoms with van der Waals surface area (Å²) in [7, 11) is 2.02. The molecule has 2 rings (SSSR count). The molecular weight excluding hydrogens is 210 g/mol. The van der Waals surface area contributed by atoms with Crippen LogP contribution in [0.25, 0.3) is 0 Å². The lowest BCUT2D eigenvalue weighted by Crippen LogP contribution is -2.18. The maximum Gasteiger partial charge on any atom is 0.125 e. The lowest BCUT2D eigenvalue weighted by atomic mass is 9.94. The second kappa shape index (κ2) is 6.06. The number of hydrogen-bond acceptors (Lipinski definition) is 2. The average Bonchev–Trinajstić information content (AvgIpc) is 2.68. The first kappa shape index (κ1) is 12.4. The van der Waals surface area contributed by atoms with Gasteiger partial charge in [0.05, 0.1) is 6.04 Å². The first-order valence-electron chi connectivity index (χ1n) is 6.74. The zero-order valence-corrected chi connectivity index (χ0v) is 11.0. The number of hydrogen-bond donors (Lipinski definition) is 1. The third kappa shape index (κ3) is 3.22. The average molecular weight is 233 g/mol. The number of nitrogens with one attached hydrogen (secondary N) is 1. The monoisotopic (exact) mass is 233 g/mol. The number of likely N-dealkylation sites (N-methyl/N-ethyl adjacent to an activating group) is 1. The molecule has 0 aromatic carbocycles. The highest BCUT2D eigenvalue weighted by Gasteiger charge is 2.18. The SMILES string of the molecule is CNC(/C1=C/CCCCCC1)c1ccc(C)o1. The van der Waals surface area contributed by atoms with Crippen molar-refractivity contribution in [2.45, 2.75) is 51.5 Å². The van der Waals surface area contributed by atoms with Crippen LogP contribution in [0.1, 0.15) is 56.1 Å². The van der Waals surface area contributed by atoms with Gasteiger partial charge in [0, 0.05) is 0 Å². The number of rotatable bonds is 3. The van der Waals surface area contributed by atoms with E-state index in [1.165, 1.54) is 44.1 Å². The van der Waals surface area contributed by atoms with Crippen molar-refractivity contribution in [2.24, 2.45) is 0 Å². The highest BCUT2D eigenvalue weighted by atomic mass is 16.3. The number of furan rings is 1. The van der Waals surface area contributed by atoms with Crippen LogP contribution in [0.4, 0.5) is 0 Å². The molecule has 2 nitrogen and oxygen atoms in total. The van der Waals surface area contributed by atoms with E-state index in [0.29, 0.717) is 0 Å². The molecule has 1 aromatic heterocycles. The van der Waals surface area contributed by atoms with Gasteiger partial charge in [-0.1, -0.05) is 18.9 Å². The van der Waals surface area contributed by atoms with Crippen LogP contribution in [0.2, 0.25) is 0 Å². The summed E-state index contributed by atoms with van der Waals surface area (Å²) < 4.78 is 5.76. The van der Waals surface area contributed by atoms with E-state index in [4.69, 9.17) is 4.42 Å². The van der Waals surface area contributed by atoms with Crippen molar-refractivity contribution in [1.82, 2.24) is 5.32 Å². The lowest BCUT2D eigenvalue weighted by Gasteiger charge is -2.20. The Morgan fingerprint density at radius 3 is 2.71 bits per heavy atom. The predicted octanol–water partition coefficient (Wildman–Crippen LogP) is 4.13. The van der Waals surface area contributed by atoms with Crippen molar-refractivity contribution in [3.63, 3.8) is 0 Å². The topological polar surface area (TPSA) is 25.2 Å². The number of aryl methyl sites for hydroxylation is 1. The van der Waals surface area contributed by atoms with Crippen LogP contribution in [0.3, 0.4) is 0 Å². The highest BCUT2D eigenvalue weighted by Crippen LogP contribution is 2.29. The molecule has 0 fully saturated rings. The van der Waals surface area contributed by atoms with Crippen molar-refractivity contribution in [3.8, 4) is 0 Å². The minimum absolute atomic E-state index is 0.266. The fourth-order valence-corrected chi connectivity index (χ4v) is 2.60. The second-order valence-corrected chi connectivity index (χ2v) is 4.90. The van der Waals surface area contributed by atoms with Gasteiger partial charge in [0.1, 0.15) is 11.5 Å². The molecule has 1 aliphatic rings. The van der Waals surface area contributed by atoms with Crippen molar-refractivity contribution in [2.75, 3.05) is 7.05 Å². The van der Waals surface area contributed by atoms with Crippen molar-refractivity contribution < 1.29 is 4.42 Å². The molecule has 1 heterocycles. The molecule has 0 saturated heterocycles. The zero-order valence-electron chi connectivity index (χ0n) is 11.0. The Bertz CT molecular complexity index is 378. The van der Waals surface area contributed by atoms with Gasteiger partial charge in [-0.15, -0.1) is 0 Å². The molecule has 0 spiro atoms. The molecule has 0 saturated carbocycles. The van der Waals surface area contributed by atoms with Crippen LogP contribution in [-0.4, -0.2) is 7.05 Å². The smallest absolute Gasteiger partial charge is 0.125 e. The van der Waals surface area contributed by atoms with Crippen molar-refractivity contribution in [1.29, 1.82) is 0 Å². The maximum atomic E-state index is 5.76. The van der Waals surface area contributed by atoms with Crippen LogP contribution in [0.15, 0.2) is 28.2 Å². The summed E-state index contributed by atoms with van der Waals surface area (Å²) in [6.07, 6.45) is 10.2. The Hall–Kier alpha value is -1.02. The molecule has 1 atom stereocenters. The van der Waals surface area contributed by atoms with E-state index >= 15 is 0 Å². The fourth-order valence-electron chi connectivity index (χ4n) is 2.60. The molecule has 1 unspecified atom stereocenters. The Kier molecular flexibility index (Phi) is 4.43. The van der Waals surface area contributed by atoms with E-state index in [-0.39, 0.29) is 6.04 Å². The number of allylic oxidation sites excluding steroid dienone is 1. The van der Waals surface area contributed by atoms with Gasteiger partial charge in [-0.2, -0.15) is 0 Å². The van der Waals surface area contributed by atoms with Gasteiger partial charge in [-0.25, -0.2) is 0 Å². The van der Waals surface area contributed by atoms with Gasteiger partial charge in [-0.3, -0.25) is 0 Å². The predicted molar refractivity (Wildman–Crippen MR) is 71.0 cm³/mol. The van der Waals surface area contributed by atoms with Gasteiger partial charge in [0.2, 0.25) is 0 Å². The molecule has 1 N–H and O–H groups in total.